The average Bonchev–Trinajstić information content (AvgIpc) is 2.73. The number of halogens is 3. The van der Waals surface area contributed by atoms with Crippen molar-refractivity contribution in [3.8, 4) is 0 Å². The van der Waals surface area contributed by atoms with Crippen LogP contribution in [0.3, 0.4) is 0 Å². The number of carbonyl (C=O) groups excluding carboxylic acids is 1. The van der Waals surface area contributed by atoms with Crippen LogP contribution in [0.5, 0.6) is 0 Å². The van der Waals surface area contributed by atoms with Crippen LogP contribution in [0.25, 0.3) is 0 Å². The largest absolute Gasteiger partial charge is 0.416 e. The highest BCUT2D eigenvalue weighted by Crippen LogP contribution is 2.29. The Morgan fingerprint density at radius 1 is 1.13 bits per heavy atom. The number of benzene rings is 1. The molecule has 0 saturated carbocycles. The molecule has 0 unspecified atom stereocenters. The van der Waals surface area contributed by atoms with Crippen LogP contribution in [0.4, 0.5) is 13.2 Å². The van der Waals surface area contributed by atoms with Crippen LogP contribution in [-0.4, -0.2) is 55.5 Å². The van der Waals surface area contributed by atoms with Crippen molar-refractivity contribution in [2.45, 2.75) is 19.1 Å². The molecule has 1 aliphatic rings. The van der Waals surface area contributed by atoms with E-state index >= 15 is 0 Å². The van der Waals surface area contributed by atoms with Crippen LogP contribution in [0.1, 0.15) is 17.5 Å². The van der Waals surface area contributed by atoms with Gasteiger partial charge in [-0.15, -0.1) is 0 Å². The SMILES string of the molecule is CNCC(=O)N1CCCN(Cc2ccc(C(F)(F)F)cc2)CC1. The minimum atomic E-state index is -4.30. The maximum Gasteiger partial charge on any atom is 0.416 e. The van der Waals surface area contributed by atoms with Gasteiger partial charge in [0.25, 0.3) is 0 Å². The van der Waals surface area contributed by atoms with Gasteiger partial charge in [-0.1, -0.05) is 12.1 Å². The summed E-state index contributed by atoms with van der Waals surface area (Å²) in [6.07, 6.45) is -3.43. The zero-order valence-corrected chi connectivity index (χ0v) is 13.2. The normalized spacial score (nSPS) is 17.1. The van der Waals surface area contributed by atoms with E-state index in [1.807, 2.05) is 4.90 Å². The summed E-state index contributed by atoms with van der Waals surface area (Å²) in [5.41, 5.74) is 0.231. The molecular weight excluding hydrogens is 307 g/mol. The summed E-state index contributed by atoms with van der Waals surface area (Å²) in [4.78, 5) is 15.9. The van der Waals surface area contributed by atoms with Gasteiger partial charge in [-0.3, -0.25) is 9.69 Å². The first-order chi connectivity index (χ1) is 10.9. The lowest BCUT2D eigenvalue weighted by atomic mass is 10.1. The summed E-state index contributed by atoms with van der Waals surface area (Å²) in [6.45, 7) is 3.89. The van der Waals surface area contributed by atoms with E-state index in [-0.39, 0.29) is 5.91 Å². The molecule has 0 aliphatic carbocycles. The Balaban J connectivity index is 1.90. The molecule has 1 heterocycles. The number of hydrogen-bond acceptors (Lipinski definition) is 3. The molecule has 1 N–H and O–H groups in total. The fourth-order valence-corrected chi connectivity index (χ4v) is 2.70. The summed E-state index contributed by atoms with van der Waals surface area (Å²) in [5.74, 6) is 0.0869. The first-order valence-corrected chi connectivity index (χ1v) is 7.71. The van der Waals surface area contributed by atoms with Crippen LogP contribution in [0, 0.1) is 0 Å². The predicted molar refractivity (Wildman–Crippen MR) is 81.8 cm³/mol. The Labute approximate surface area is 134 Å². The highest BCUT2D eigenvalue weighted by atomic mass is 19.4. The number of alkyl halides is 3. The summed E-state index contributed by atoms with van der Waals surface area (Å²) in [7, 11) is 1.74. The van der Waals surface area contributed by atoms with Crippen LogP contribution in [-0.2, 0) is 17.5 Å². The lowest BCUT2D eigenvalue weighted by Crippen LogP contribution is -2.39. The van der Waals surface area contributed by atoms with Crippen molar-refractivity contribution in [2.24, 2.45) is 0 Å². The smallest absolute Gasteiger partial charge is 0.340 e. The van der Waals surface area contributed by atoms with Crippen LogP contribution >= 0.6 is 0 Å². The van der Waals surface area contributed by atoms with Gasteiger partial charge in [-0.2, -0.15) is 13.2 Å². The minimum absolute atomic E-state index is 0.0869. The highest BCUT2D eigenvalue weighted by Gasteiger charge is 2.30. The summed E-state index contributed by atoms with van der Waals surface area (Å²) in [5, 5.41) is 2.86. The van der Waals surface area contributed by atoms with Gasteiger partial charge < -0.3 is 10.2 Å². The molecule has 1 fully saturated rings. The highest BCUT2D eigenvalue weighted by molar-refractivity contribution is 5.78. The van der Waals surface area contributed by atoms with Crippen molar-refractivity contribution < 1.29 is 18.0 Å². The van der Waals surface area contributed by atoms with Gasteiger partial charge >= 0.3 is 6.18 Å². The second kappa shape index (κ2) is 7.79. The molecule has 0 aromatic heterocycles. The van der Waals surface area contributed by atoms with Gasteiger partial charge in [-0.25, -0.2) is 0 Å². The quantitative estimate of drug-likeness (QED) is 0.917. The summed E-state index contributed by atoms with van der Waals surface area (Å²) < 4.78 is 37.7. The lowest BCUT2D eigenvalue weighted by molar-refractivity contribution is -0.137. The van der Waals surface area contributed by atoms with E-state index in [0.29, 0.717) is 19.6 Å². The Hall–Kier alpha value is -1.60. The number of rotatable bonds is 4. The summed E-state index contributed by atoms with van der Waals surface area (Å²) in [6, 6.07) is 5.29. The van der Waals surface area contributed by atoms with Crippen LogP contribution < -0.4 is 5.32 Å². The molecule has 1 amide bonds. The first-order valence-electron chi connectivity index (χ1n) is 7.71. The molecule has 7 heteroatoms. The van der Waals surface area contributed by atoms with Gasteiger partial charge in [0.1, 0.15) is 0 Å². The molecule has 1 saturated heterocycles. The molecule has 1 aromatic rings. The standard InChI is InChI=1S/C16H22F3N3O/c1-20-11-15(23)22-8-2-7-21(9-10-22)12-13-3-5-14(6-4-13)16(17,18)19/h3-6,20H,2,7-12H2,1H3. The Morgan fingerprint density at radius 3 is 2.43 bits per heavy atom. The van der Waals surface area contributed by atoms with Gasteiger partial charge in [0, 0.05) is 32.7 Å². The molecule has 1 aliphatic heterocycles. The van der Waals surface area contributed by atoms with Crippen molar-refractivity contribution in [3.05, 3.63) is 35.4 Å². The molecule has 0 atom stereocenters. The van der Waals surface area contributed by atoms with Crippen molar-refractivity contribution in [2.75, 3.05) is 39.8 Å². The van der Waals surface area contributed by atoms with E-state index in [2.05, 4.69) is 10.2 Å². The second-order valence-corrected chi connectivity index (χ2v) is 5.74. The molecule has 1 aromatic carbocycles. The molecule has 0 spiro atoms. The van der Waals surface area contributed by atoms with Crippen LogP contribution in [0.15, 0.2) is 24.3 Å². The van der Waals surface area contributed by atoms with Gasteiger partial charge in [0.15, 0.2) is 0 Å². The Morgan fingerprint density at radius 2 is 1.83 bits per heavy atom. The van der Waals surface area contributed by atoms with Crippen molar-refractivity contribution in [1.82, 2.24) is 15.1 Å². The van der Waals surface area contributed by atoms with Crippen molar-refractivity contribution >= 4 is 5.91 Å². The van der Waals surface area contributed by atoms with Gasteiger partial charge in [0.2, 0.25) is 5.91 Å². The Kier molecular flexibility index (Phi) is 6.01. The third kappa shape index (κ3) is 5.21. The molecule has 0 radical (unpaired) electrons. The first kappa shape index (κ1) is 17.7. The number of nitrogens with zero attached hydrogens (tertiary/aromatic N) is 2. The van der Waals surface area contributed by atoms with E-state index in [9.17, 15) is 18.0 Å². The number of nitrogens with one attached hydrogen (secondary N) is 1. The van der Waals surface area contributed by atoms with E-state index in [1.165, 1.54) is 12.1 Å². The number of likely N-dealkylation sites (N-methyl/N-ethyl adjacent to an activating group) is 1. The molecule has 0 bridgehead atoms. The molecule has 2 rings (SSSR count). The van der Waals surface area contributed by atoms with Gasteiger partial charge in [0.05, 0.1) is 12.1 Å². The van der Waals surface area contributed by atoms with Gasteiger partial charge in [-0.05, 0) is 31.2 Å². The van der Waals surface area contributed by atoms with Crippen molar-refractivity contribution in [1.29, 1.82) is 0 Å². The minimum Gasteiger partial charge on any atom is -0.340 e. The third-order valence-corrected chi connectivity index (χ3v) is 3.96. The van der Waals surface area contributed by atoms with Crippen molar-refractivity contribution in [3.63, 3.8) is 0 Å². The maximum atomic E-state index is 12.6. The number of carbonyl (C=O) groups is 1. The number of amides is 1. The number of hydrogen-bond donors (Lipinski definition) is 1. The zero-order chi connectivity index (χ0) is 16.9. The fourth-order valence-electron chi connectivity index (χ4n) is 2.70. The second-order valence-electron chi connectivity index (χ2n) is 5.74. The van der Waals surface area contributed by atoms with E-state index in [0.717, 1.165) is 43.8 Å². The zero-order valence-electron chi connectivity index (χ0n) is 13.2. The van der Waals surface area contributed by atoms with Crippen LogP contribution in [0.2, 0.25) is 0 Å². The molecular formula is C16H22F3N3O. The topological polar surface area (TPSA) is 35.6 Å². The third-order valence-electron chi connectivity index (χ3n) is 3.96. The Bertz CT molecular complexity index is 516. The van der Waals surface area contributed by atoms with E-state index in [4.69, 9.17) is 0 Å². The monoisotopic (exact) mass is 329 g/mol. The van der Waals surface area contributed by atoms with E-state index < -0.39 is 11.7 Å². The molecule has 128 valence electrons. The molecule has 4 nitrogen and oxygen atoms in total. The average molecular weight is 329 g/mol. The summed E-state index contributed by atoms with van der Waals surface area (Å²) >= 11 is 0. The predicted octanol–water partition coefficient (Wildman–Crippen LogP) is 1.96. The fraction of sp³-hybridized carbons (Fsp3) is 0.562. The molecule has 23 heavy (non-hydrogen) atoms. The lowest BCUT2D eigenvalue weighted by Gasteiger charge is -2.22. The van der Waals surface area contributed by atoms with E-state index in [1.54, 1.807) is 7.05 Å². The maximum absolute atomic E-state index is 12.6.